The van der Waals surface area contributed by atoms with Gasteiger partial charge >= 0.3 is 0 Å². The highest BCUT2D eigenvalue weighted by Crippen LogP contribution is 2.36. The van der Waals surface area contributed by atoms with E-state index >= 15 is 0 Å². The normalized spacial score (nSPS) is 13.3. The Kier molecular flexibility index (Phi) is 4.45. The number of allylic oxidation sites excluding steroid dienone is 1. The van der Waals surface area contributed by atoms with Crippen LogP contribution in [-0.4, -0.2) is 5.91 Å². The molecule has 0 radical (unpaired) electrons. The van der Waals surface area contributed by atoms with E-state index in [1.54, 1.807) is 12.1 Å². The van der Waals surface area contributed by atoms with Crippen molar-refractivity contribution in [1.82, 2.24) is 0 Å². The van der Waals surface area contributed by atoms with E-state index < -0.39 is 0 Å². The molecule has 0 N–H and O–H groups in total. The fourth-order valence-electron chi connectivity index (χ4n) is 2.79. The highest BCUT2D eigenvalue weighted by Gasteiger charge is 2.25. The summed E-state index contributed by atoms with van der Waals surface area (Å²) in [6.07, 6.45) is 4.53. The average molecular weight is 323 g/mol. The lowest BCUT2D eigenvalue weighted by atomic mass is 10.00. The van der Waals surface area contributed by atoms with Crippen LogP contribution in [0.4, 0.5) is 5.69 Å². The summed E-state index contributed by atoms with van der Waals surface area (Å²) in [5.74, 6) is -0.246. The second-order valence-electron chi connectivity index (χ2n) is 5.39. The lowest BCUT2D eigenvalue weighted by Crippen LogP contribution is -2.23. The van der Waals surface area contributed by atoms with Crippen molar-refractivity contribution < 1.29 is 4.79 Å². The summed E-state index contributed by atoms with van der Waals surface area (Å²) < 4.78 is 1.10. The topological polar surface area (TPSA) is 44.1 Å². The second kappa shape index (κ2) is 6.68. The lowest BCUT2D eigenvalue weighted by molar-refractivity contribution is -0.114. The molecule has 3 nitrogen and oxygen atoms in total. The summed E-state index contributed by atoms with van der Waals surface area (Å²) in [6, 6.07) is 17.1. The van der Waals surface area contributed by atoms with Gasteiger partial charge in [0.05, 0.1) is 11.3 Å². The number of nitrogens with zero attached hydrogens (tertiary/aromatic N) is 2. The SMILES string of the molecule is N#Cc1cccc(-c2ccccc2)c1N(Cl)C(=O)C1=CCCC1. The molecule has 0 bridgehead atoms. The van der Waals surface area contributed by atoms with Crippen molar-refractivity contribution in [1.29, 1.82) is 5.26 Å². The van der Waals surface area contributed by atoms with Gasteiger partial charge in [0, 0.05) is 22.9 Å². The van der Waals surface area contributed by atoms with E-state index in [2.05, 4.69) is 6.07 Å². The highest BCUT2D eigenvalue weighted by atomic mass is 35.5. The minimum Gasteiger partial charge on any atom is -0.268 e. The predicted molar refractivity (Wildman–Crippen MR) is 91.9 cm³/mol. The quantitative estimate of drug-likeness (QED) is 0.760. The van der Waals surface area contributed by atoms with Crippen LogP contribution in [-0.2, 0) is 4.79 Å². The maximum atomic E-state index is 12.6. The van der Waals surface area contributed by atoms with Gasteiger partial charge in [0.15, 0.2) is 0 Å². The van der Waals surface area contributed by atoms with Gasteiger partial charge in [0.2, 0.25) is 0 Å². The number of carbonyl (C=O) groups excluding carboxylic acids is 1. The van der Waals surface area contributed by atoms with Gasteiger partial charge in [0.1, 0.15) is 6.07 Å². The molecule has 0 fully saturated rings. The summed E-state index contributed by atoms with van der Waals surface area (Å²) in [7, 11) is 0. The summed E-state index contributed by atoms with van der Waals surface area (Å²) in [6.45, 7) is 0. The van der Waals surface area contributed by atoms with E-state index in [9.17, 15) is 10.1 Å². The summed E-state index contributed by atoms with van der Waals surface area (Å²) >= 11 is 6.37. The fraction of sp³-hybridized carbons (Fsp3) is 0.158. The van der Waals surface area contributed by atoms with Gasteiger partial charge in [-0.2, -0.15) is 5.26 Å². The Balaban J connectivity index is 2.10. The van der Waals surface area contributed by atoms with E-state index in [0.29, 0.717) is 16.8 Å². The summed E-state index contributed by atoms with van der Waals surface area (Å²) in [5.41, 5.74) is 3.23. The number of nitriles is 1. The molecule has 0 unspecified atom stereocenters. The number of rotatable bonds is 3. The number of carbonyl (C=O) groups is 1. The van der Waals surface area contributed by atoms with Gasteiger partial charge in [-0.05, 0) is 30.9 Å². The maximum Gasteiger partial charge on any atom is 0.268 e. The van der Waals surface area contributed by atoms with Gasteiger partial charge in [0.25, 0.3) is 5.91 Å². The average Bonchev–Trinajstić information content (AvgIpc) is 3.15. The standard InChI is InChI=1S/C19H15ClN2O/c20-22(19(23)15-9-4-5-10-15)18-16(13-21)11-6-12-17(18)14-7-2-1-3-8-14/h1-3,6-9,11-12H,4-5,10H2. The Labute approximate surface area is 140 Å². The first-order valence-electron chi connectivity index (χ1n) is 7.50. The number of halogens is 1. The van der Waals surface area contributed by atoms with Crippen LogP contribution >= 0.6 is 11.8 Å². The third-order valence-electron chi connectivity index (χ3n) is 3.93. The Bertz CT molecular complexity index is 806. The molecule has 1 aliphatic rings. The van der Waals surface area contributed by atoms with Gasteiger partial charge in [-0.15, -0.1) is 0 Å². The highest BCUT2D eigenvalue weighted by molar-refractivity contribution is 6.40. The molecule has 1 amide bonds. The summed E-state index contributed by atoms with van der Waals surface area (Å²) in [4.78, 5) is 12.6. The Morgan fingerprint density at radius 1 is 1.13 bits per heavy atom. The monoisotopic (exact) mass is 322 g/mol. The Hall–Kier alpha value is -2.57. The molecule has 0 saturated carbocycles. The number of para-hydroxylation sites is 1. The third-order valence-corrected chi connectivity index (χ3v) is 4.25. The minimum absolute atomic E-state index is 0.246. The molecule has 3 rings (SSSR count). The molecular formula is C19H15ClN2O. The fourth-order valence-corrected chi connectivity index (χ4v) is 3.08. The van der Waals surface area contributed by atoms with Crippen molar-refractivity contribution in [2.24, 2.45) is 0 Å². The molecule has 2 aromatic rings. The van der Waals surface area contributed by atoms with Crippen LogP contribution in [0.5, 0.6) is 0 Å². The molecule has 4 heteroatoms. The zero-order valence-corrected chi connectivity index (χ0v) is 13.3. The second-order valence-corrected chi connectivity index (χ2v) is 5.73. The van der Waals surface area contributed by atoms with E-state index in [1.165, 1.54) is 0 Å². The molecule has 0 heterocycles. The Morgan fingerprint density at radius 2 is 1.91 bits per heavy atom. The molecule has 0 spiro atoms. The molecule has 0 saturated heterocycles. The van der Waals surface area contributed by atoms with Crippen LogP contribution in [0.1, 0.15) is 24.8 Å². The van der Waals surface area contributed by atoms with E-state index in [1.807, 2.05) is 42.5 Å². The first-order chi connectivity index (χ1) is 11.2. The van der Waals surface area contributed by atoms with Crippen molar-refractivity contribution in [3.05, 3.63) is 65.7 Å². The molecule has 0 aromatic heterocycles. The smallest absolute Gasteiger partial charge is 0.268 e. The number of amides is 1. The zero-order valence-electron chi connectivity index (χ0n) is 12.5. The van der Waals surface area contributed by atoms with Gasteiger partial charge < -0.3 is 0 Å². The lowest BCUT2D eigenvalue weighted by Gasteiger charge is -2.20. The van der Waals surface area contributed by atoms with Gasteiger partial charge in [-0.1, -0.05) is 48.5 Å². The van der Waals surface area contributed by atoms with E-state index in [0.717, 1.165) is 34.8 Å². The predicted octanol–water partition coefficient (Wildman–Crippen LogP) is 4.82. The first-order valence-corrected chi connectivity index (χ1v) is 7.84. The maximum absolute atomic E-state index is 12.6. The number of anilines is 1. The number of benzene rings is 2. The molecule has 0 atom stereocenters. The van der Waals surface area contributed by atoms with E-state index in [-0.39, 0.29) is 5.91 Å². The zero-order chi connectivity index (χ0) is 16.2. The minimum atomic E-state index is -0.246. The van der Waals surface area contributed by atoms with Crippen LogP contribution in [0.15, 0.2) is 60.2 Å². The molecule has 23 heavy (non-hydrogen) atoms. The van der Waals surface area contributed by atoms with Crippen LogP contribution in [0, 0.1) is 11.3 Å². The van der Waals surface area contributed by atoms with Crippen molar-refractivity contribution in [2.45, 2.75) is 19.3 Å². The van der Waals surface area contributed by atoms with Crippen LogP contribution in [0.2, 0.25) is 0 Å². The largest absolute Gasteiger partial charge is 0.268 e. The van der Waals surface area contributed by atoms with Crippen LogP contribution in [0.3, 0.4) is 0 Å². The Morgan fingerprint density at radius 3 is 2.57 bits per heavy atom. The first kappa shape index (κ1) is 15.3. The summed E-state index contributed by atoms with van der Waals surface area (Å²) in [5, 5.41) is 9.42. The van der Waals surface area contributed by atoms with E-state index in [4.69, 9.17) is 11.8 Å². The van der Waals surface area contributed by atoms with Crippen molar-refractivity contribution >= 4 is 23.4 Å². The van der Waals surface area contributed by atoms with Gasteiger partial charge in [-0.3, -0.25) is 4.79 Å². The third kappa shape index (κ3) is 2.99. The number of hydrogen-bond acceptors (Lipinski definition) is 2. The van der Waals surface area contributed by atoms with Crippen molar-refractivity contribution in [3.8, 4) is 17.2 Å². The molecule has 2 aromatic carbocycles. The van der Waals surface area contributed by atoms with Gasteiger partial charge in [-0.25, -0.2) is 4.42 Å². The van der Waals surface area contributed by atoms with Crippen LogP contribution in [0.25, 0.3) is 11.1 Å². The number of hydrogen-bond donors (Lipinski definition) is 0. The van der Waals surface area contributed by atoms with Crippen LogP contribution < -0.4 is 4.42 Å². The van der Waals surface area contributed by atoms with Crippen molar-refractivity contribution in [2.75, 3.05) is 4.42 Å². The van der Waals surface area contributed by atoms with Crippen molar-refractivity contribution in [3.63, 3.8) is 0 Å². The molecular weight excluding hydrogens is 308 g/mol. The molecule has 1 aliphatic carbocycles. The molecule has 114 valence electrons. The molecule has 0 aliphatic heterocycles.